The van der Waals surface area contributed by atoms with E-state index in [1.165, 1.54) is 36.8 Å². The third-order valence-corrected chi connectivity index (χ3v) is 4.34. The van der Waals surface area contributed by atoms with E-state index in [0.717, 1.165) is 11.8 Å². The van der Waals surface area contributed by atoms with Crippen LogP contribution in [0.5, 0.6) is 0 Å². The summed E-state index contributed by atoms with van der Waals surface area (Å²) in [6.45, 7) is 1.88. The number of rotatable bonds is 7. The Balaban J connectivity index is 1.77. The highest BCUT2D eigenvalue weighted by Crippen LogP contribution is 2.36. The number of hydrogen-bond acceptors (Lipinski definition) is 6. The molecule has 10 heteroatoms. The maximum Gasteiger partial charge on any atom is 0.429 e. The summed E-state index contributed by atoms with van der Waals surface area (Å²) < 4.78 is 57.2. The van der Waals surface area contributed by atoms with Crippen LogP contribution in [0.1, 0.15) is 30.2 Å². The predicted octanol–water partition coefficient (Wildman–Crippen LogP) is 5.43. The zero-order chi connectivity index (χ0) is 21.7. The fourth-order valence-corrected chi connectivity index (χ4v) is 2.86. The summed E-state index contributed by atoms with van der Waals surface area (Å²) >= 11 is 4.40. The van der Waals surface area contributed by atoms with Crippen molar-refractivity contribution in [3.8, 4) is 11.3 Å². The van der Waals surface area contributed by atoms with Crippen LogP contribution in [-0.2, 0) is 4.74 Å². The van der Waals surface area contributed by atoms with Gasteiger partial charge in [0.2, 0.25) is 6.10 Å². The first-order chi connectivity index (χ1) is 14.3. The zero-order valence-corrected chi connectivity index (χ0v) is 16.4. The molecule has 30 heavy (non-hydrogen) atoms. The van der Waals surface area contributed by atoms with E-state index in [1.54, 1.807) is 12.1 Å². The standard InChI is InChI=1S/C20H16F4N4OS/c1-12(13-2-4-16(21)5-3-13)28-18-10-26-17(9-27-18)14-6-15(8-25-7-14)19(29-11-30)20(22,23)24/h2-12,19H,1H3,(H,27,28)/t12-,19?/m1/s1. The Labute approximate surface area is 175 Å². The van der Waals surface area contributed by atoms with Gasteiger partial charge in [-0.3, -0.25) is 9.97 Å². The average molecular weight is 436 g/mol. The maximum absolute atomic E-state index is 13.2. The summed E-state index contributed by atoms with van der Waals surface area (Å²) in [6, 6.07) is 7.17. The van der Waals surface area contributed by atoms with Crippen LogP contribution >= 0.6 is 12.2 Å². The highest BCUT2D eigenvalue weighted by Gasteiger charge is 2.42. The Bertz CT molecular complexity index is 997. The third-order valence-electron chi connectivity index (χ3n) is 4.23. The van der Waals surface area contributed by atoms with E-state index >= 15 is 0 Å². The topological polar surface area (TPSA) is 59.9 Å². The first kappa shape index (κ1) is 21.6. The van der Waals surface area contributed by atoms with Crippen molar-refractivity contribution in [1.29, 1.82) is 0 Å². The number of benzene rings is 1. The number of ether oxygens (including phenoxy) is 1. The quantitative estimate of drug-likeness (QED) is 0.394. The molecule has 1 unspecified atom stereocenters. The molecule has 2 heterocycles. The van der Waals surface area contributed by atoms with Gasteiger partial charge in [0.1, 0.15) is 17.2 Å². The number of aromatic nitrogens is 3. The number of anilines is 1. The summed E-state index contributed by atoms with van der Waals surface area (Å²) in [5, 5.41) is 3.13. The highest BCUT2D eigenvalue weighted by molar-refractivity contribution is 7.78. The Kier molecular flexibility index (Phi) is 6.56. The molecule has 0 spiro atoms. The number of nitrogens with one attached hydrogen (secondary N) is 1. The summed E-state index contributed by atoms with van der Waals surface area (Å²) in [5.41, 5.74) is 1.92. The second-order valence-corrected chi connectivity index (χ2v) is 6.56. The van der Waals surface area contributed by atoms with Gasteiger partial charge in [-0.05, 0) is 42.9 Å². The van der Waals surface area contributed by atoms with Crippen molar-refractivity contribution in [3.05, 3.63) is 72.1 Å². The van der Waals surface area contributed by atoms with Crippen LogP contribution in [0.4, 0.5) is 23.4 Å². The molecule has 5 nitrogen and oxygen atoms in total. The van der Waals surface area contributed by atoms with Crippen LogP contribution in [0, 0.1) is 5.82 Å². The van der Waals surface area contributed by atoms with Crippen molar-refractivity contribution < 1.29 is 22.3 Å². The molecular formula is C20H16F4N4OS. The van der Waals surface area contributed by atoms with Crippen LogP contribution in [0.2, 0.25) is 0 Å². The minimum Gasteiger partial charge on any atom is -0.472 e. The molecule has 1 N–H and O–H groups in total. The average Bonchev–Trinajstić information content (AvgIpc) is 2.72. The molecule has 0 aliphatic heterocycles. The molecule has 2 aromatic heterocycles. The number of nitrogens with zero attached hydrogens (tertiary/aromatic N) is 3. The minimum atomic E-state index is -4.65. The van der Waals surface area contributed by atoms with Crippen LogP contribution in [0.15, 0.2) is 55.1 Å². The number of thiocarbonyl (C=S) groups is 1. The van der Waals surface area contributed by atoms with E-state index in [9.17, 15) is 17.6 Å². The molecule has 0 bridgehead atoms. The van der Waals surface area contributed by atoms with Gasteiger partial charge in [0, 0.05) is 29.6 Å². The van der Waals surface area contributed by atoms with Gasteiger partial charge in [-0.25, -0.2) is 9.37 Å². The summed E-state index contributed by atoms with van der Waals surface area (Å²) in [4.78, 5) is 12.3. The molecule has 0 saturated carbocycles. The molecule has 2 atom stereocenters. The molecule has 3 aromatic rings. The van der Waals surface area contributed by atoms with Crippen molar-refractivity contribution in [2.75, 3.05) is 5.32 Å². The summed E-state index contributed by atoms with van der Waals surface area (Å²) in [7, 11) is 0. The largest absolute Gasteiger partial charge is 0.472 e. The van der Waals surface area contributed by atoms with Gasteiger partial charge < -0.3 is 10.1 Å². The van der Waals surface area contributed by atoms with Gasteiger partial charge in [-0.2, -0.15) is 13.2 Å². The fraction of sp³-hybridized carbons (Fsp3) is 0.200. The molecule has 0 aliphatic carbocycles. The van der Waals surface area contributed by atoms with Gasteiger partial charge >= 0.3 is 6.18 Å². The lowest BCUT2D eigenvalue weighted by Crippen LogP contribution is -2.23. The van der Waals surface area contributed by atoms with Gasteiger partial charge in [0.25, 0.3) is 0 Å². The fourth-order valence-electron chi connectivity index (χ4n) is 2.75. The lowest BCUT2D eigenvalue weighted by molar-refractivity contribution is -0.199. The molecule has 0 saturated heterocycles. The van der Waals surface area contributed by atoms with Crippen LogP contribution in [-0.4, -0.2) is 26.7 Å². The van der Waals surface area contributed by atoms with Gasteiger partial charge in [0.15, 0.2) is 0 Å². The van der Waals surface area contributed by atoms with Crippen LogP contribution in [0.25, 0.3) is 11.3 Å². The van der Waals surface area contributed by atoms with Crippen molar-refractivity contribution in [1.82, 2.24) is 15.0 Å². The van der Waals surface area contributed by atoms with E-state index in [2.05, 4.69) is 37.2 Å². The van der Waals surface area contributed by atoms with Gasteiger partial charge in [0.05, 0.1) is 18.1 Å². The van der Waals surface area contributed by atoms with E-state index < -0.39 is 12.3 Å². The Hall–Kier alpha value is -3.14. The molecule has 0 fully saturated rings. The van der Waals surface area contributed by atoms with E-state index in [0.29, 0.717) is 22.6 Å². The van der Waals surface area contributed by atoms with E-state index in [4.69, 9.17) is 0 Å². The first-order valence-corrected chi connectivity index (χ1v) is 9.20. The monoisotopic (exact) mass is 436 g/mol. The third kappa shape index (κ3) is 5.26. The molecule has 156 valence electrons. The van der Waals surface area contributed by atoms with Crippen molar-refractivity contribution in [2.45, 2.75) is 25.2 Å². The minimum absolute atomic E-state index is 0.157. The molecular weight excluding hydrogens is 420 g/mol. The lowest BCUT2D eigenvalue weighted by atomic mass is 10.1. The van der Waals surface area contributed by atoms with Crippen LogP contribution < -0.4 is 5.32 Å². The maximum atomic E-state index is 13.2. The molecule has 0 radical (unpaired) electrons. The predicted molar refractivity (Wildman–Crippen MR) is 107 cm³/mol. The van der Waals surface area contributed by atoms with Gasteiger partial charge in [-0.15, -0.1) is 0 Å². The molecule has 1 aromatic carbocycles. The normalized spacial score (nSPS) is 13.4. The van der Waals surface area contributed by atoms with Crippen molar-refractivity contribution in [2.24, 2.45) is 0 Å². The first-order valence-electron chi connectivity index (χ1n) is 8.73. The highest BCUT2D eigenvalue weighted by atomic mass is 32.1. The molecule has 3 rings (SSSR count). The summed E-state index contributed by atoms with van der Waals surface area (Å²) in [5.74, 6) is 0.131. The summed E-state index contributed by atoms with van der Waals surface area (Å²) in [6.07, 6.45) is -1.54. The van der Waals surface area contributed by atoms with Gasteiger partial charge in [-0.1, -0.05) is 12.1 Å². The second kappa shape index (κ2) is 9.12. The van der Waals surface area contributed by atoms with E-state index in [-0.39, 0.29) is 17.4 Å². The smallest absolute Gasteiger partial charge is 0.429 e. The molecule has 0 aliphatic rings. The lowest BCUT2D eigenvalue weighted by Gasteiger charge is -2.19. The van der Waals surface area contributed by atoms with Crippen LogP contribution in [0.3, 0.4) is 0 Å². The Morgan fingerprint density at radius 1 is 1.03 bits per heavy atom. The zero-order valence-electron chi connectivity index (χ0n) is 15.6. The Morgan fingerprint density at radius 3 is 2.37 bits per heavy atom. The molecule has 0 amide bonds. The van der Waals surface area contributed by atoms with Crippen molar-refractivity contribution in [3.63, 3.8) is 0 Å². The number of alkyl halides is 3. The SMILES string of the molecule is C[C@@H](Nc1cnc(-c2cncc(C(OC=S)C(F)(F)F)c2)cn1)c1ccc(F)cc1. The van der Waals surface area contributed by atoms with Crippen molar-refractivity contribution >= 4 is 23.6 Å². The second-order valence-electron chi connectivity index (χ2n) is 6.37. The number of halogens is 4. The van der Waals surface area contributed by atoms with E-state index in [1.807, 2.05) is 6.92 Å². The Morgan fingerprint density at radius 2 is 1.77 bits per heavy atom. The number of pyridine rings is 1. The number of hydrogen-bond donors (Lipinski definition) is 1.